The summed E-state index contributed by atoms with van der Waals surface area (Å²) in [6.07, 6.45) is 7.42. The molecule has 3 unspecified atom stereocenters. The first-order chi connectivity index (χ1) is 21.0. The fourth-order valence-electron chi connectivity index (χ4n) is 6.31. The average molecular weight is 604 g/mol. The molecular weight excluding hydrogens is 570 g/mol. The van der Waals surface area contributed by atoms with E-state index in [-0.39, 0.29) is 6.10 Å². The Morgan fingerprint density at radius 3 is 2.51 bits per heavy atom. The molecule has 2 aromatic heterocycles. The zero-order valence-corrected chi connectivity index (χ0v) is 24.9. The average Bonchev–Trinajstić information content (AvgIpc) is 3.58. The number of halogens is 1. The number of nitrogens with one attached hydrogen (secondary N) is 1. The number of hydrogen-bond acceptors (Lipinski definition) is 11. The van der Waals surface area contributed by atoms with Gasteiger partial charge in [-0.3, -0.25) is 4.90 Å². The fraction of sp³-hybridized carbons (Fsp3) is 0.433. The van der Waals surface area contributed by atoms with Crippen LogP contribution in [0.25, 0.3) is 11.1 Å². The van der Waals surface area contributed by atoms with Crippen LogP contribution in [0, 0.1) is 0 Å². The quantitative estimate of drug-likeness (QED) is 0.283. The summed E-state index contributed by atoms with van der Waals surface area (Å²) in [7, 11) is 1.68. The lowest BCUT2D eigenvalue weighted by Gasteiger charge is -2.50. The van der Waals surface area contributed by atoms with Crippen LogP contribution in [0.3, 0.4) is 0 Å². The number of aromatic nitrogens is 6. The minimum atomic E-state index is -0.192. The number of anilines is 3. The third kappa shape index (κ3) is 5.82. The highest BCUT2D eigenvalue weighted by atomic mass is 35.5. The molecule has 2 aromatic carbocycles. The van der Waals surface area contributed by atoms with E-state index in [1.807, 2.05) is 25.1 Å². The number of nitrogens with zero attached hydrogens (tertiary/aromatic N) is 8. The molecule has 0 aliphatic carbocycles. The molecule has 12 nitrogen and oxygen atoms in total. The lowest BCUT2D eigenvalue weighted by atomic mass is 10.0. The normalized spacial score (nSPS) is 21.0. The van der Waals surface area contributed by atoms with Crippen LogP contribution in [0.5, 0.6) is 11.5 Å². The lowest BCUT2D eigenvalue weighted by Crippen LogP contribution is -2.64. The van der Waals surface area contributed by atoms with Crippen molar-refractivity contribution < 1.29 is 14.2 Å². The predicted octanol–water partition coefficient (Wildman–Crippen LogP) is 4.06. The van der Waals surface area contributed by atoms with E-state index in [0.29, 0.717) is 41.4 Å². The van der Waals surface area contributed by atoms with Crippen molar-refractivity contribution in [3.63, 3.8) is 0 Å². The molecule has 3 saturated heterocycles. The van der Waals surface area contributed by atoms with Crippen molar-refractivity contribution in [1.82, 2.24) is 35.1 Å². The molecule has 1 N–H and O–H groups in total. The summed E-state index contributed by atoms with van der Waals surface area (Å²) in [5, 5.41) is 15.0. The number of benzene rings is 2. The van der Waals surface area contributed by atoms with Gasteiger partial charge in [-0.2, -0.15) is 0 Å². The standard InChI is InChI=1S/C30H34ClN9O3/c1-19(13-39-18-34-36-37-39)43-28-9-20(3-7-26(28)31)21-11-32-30(33-12-21)35-27-8-6-22(10-29(27)41-2)38-14-25(15-38)40-23-4-5-24(40)17-42-16-23/h3,6-12,18-19,23-25H,4-5,13-17H2,1-2H3,(H,32,33,35). The van der Waals surface area contributed by atoms with Crippen molar-refractivity contribution in [1.29, 1.82) is 0 Å². The number of ether oxygens (including phenoxy) is 3. The van der Waals surface area contributed by atoms with Crippen molar-refractivity contribution in [2.24, 2.45) is 0 Å². The van der Waals surface area contributed by atoms with E-state index in [9.17, 15) is 0 Å². The Morgan fingerprint density at radius 1 is 1.00 bits per heavy atom. The van der Waals surface area contributed by atoms with Crippen LogP contribution in [-0.4, -0.2) is 92.7 Å². The molecule has 3 aliphatic rings. The van der Waals surface area contributed by atoms with E-state index >= 15 is 0 Å². The highest BCUT2D eigenvalue weighted by Crippen LogP contribution is 2.38. The first-order valence-corrected chi connectivity index (χ1v) is 15.0. The number of morpholine rings is 1. The number of methoxy groups -OCH3 is 1. The zero-order valence-electron chi connectivity index (χ0n) is 24.1. The summed E-state index contributed by atoms with van der Waals surface area (Å²) >= 11 is 6.42. The molecule has 3 aliphatic heterocycles. The van der Waals surface area contributed by atoms with Gasteiger partial charge in [0.15, 0.2) is 0 Å². The van der Waals surface area contributed by atoms with Gasteiger partial charge in [0.05, 0.1) is 37.6 Å². The molecule has 43 heavy (non-hydrogen) atoms. The van der Waals surface area contributed by atoms with E-state index < -0.39 is 0 Å². The second-order valence-electron chi connectivity index (χ2n) is 11.3. The monoisotopic (exact) mass is 603 g/mol. The molecule has 224 valence electrons. The molecule has 0 spiro atoms. The van der Waals surface area contributed by atoms with Gasteiger partial charge in [0, 0.05) is 60.9 Å². The molecule has 0 radical (unpaired) electrons. The van der Waals surface area contributed by atoms with Crippen LogP contribution in [-0.2, 0) is 11.3 Å². The third-order valence-electron chi connectivity index (χ3n) is 8.46. The number of hydrogen-bond donors (Lipinski definition) is 1. The van der Waals surface area contributed by atoms with E-state index in [0.717, 1.165) is 54.6 Å². The molecule has 7 rings (SSSR count). The van der Waals surface area contributed by atoms with Gasteiger partial charge in [-0.25, -0.2) is 14.6 Å². The van der Waals surface area contributed by atoms with Crippen LogP contribution in [0.4, 0.5) is 17.3 Å². The van der Waals surface area contributed by atoms with E-state index in [2.05, 4.69) is 52.7 Å². The van der Waals surface area contributed by atoms with Gasteiger partial charge in [0.1, 0.15) is 23.9 Å². The molecule has 13 heteroatoms. The van der Waals surface area contributed by atoms with Gasteiger partial charge in [-0.1, -0.05) is 17.7 Å². The van der Waals surface area contributed by atoms with Gasteiger partial charge in [-0.15, -0.1) is 5.10 Å². The number of tetrazole rings is 1. The minimum Gasteiger partial charge on any atom is -0.494 e. The molecule has 0 saturated carbocycles. The SMILES string of the molecule is COc1cc(N2CC(N3C4CCC3COC4)C2)ccc1Nc1ncc(-c2ccc(Cl)c(OC(C)Cn3cnnn3)c2)cn1. The summed E-state index contributed by atoms with van der Waals surface area (Å²) in [6.45, 7) is 6.25. The Kier molecular flexibility index (Phi) is 7.72. The smallest absolute Gasteiger partial charge is 0.227 e. The second-order valence-corrected chi connectivity index (χ2v) is 11.7. The predicted molar refractivity (Wildman–Crippen MR) is 162 cm³/mol. The van der Waals surface area contributed by atoms with Crippen molar-refractivity contribution >= 4 is 28.9 Å². The van der Waals surface area contributed by atoms with Crippen LogP contribution in [0.2, 0.25) is 5.02 Å². The molecule has 3 fully saturated rings. The Bertz CT molecular complexity index is 1530. The van der Waals surface area contributed by atoms with Gasteiger partial charge in [0.2, 0.25) is 5.95 Å². The number of fused-ring (bicyclic) bond motifs is 2. The van der Waals surface area contributed by atoms with E-state index in [1.54, 1.807) is 36.6 Å². The van der Waals surface area contributed by atoms with Gasteiger partial charge in [0.25, 0.3) is 0 Å². The molecule has 3 atom stereocenters. The number of rotatable bonds is 10. The summed E-state index contributed by atoms with van der Waals surface area (Å²) < 4.78 is 19.2. The topological polar surface area (TPSA) is 116 Å². The van der Waals surface area contributed by atoms with E-state index in [4.69, 9.17) is 25.8 Å². The lowest BCUT2D eigenvalue weighted by molar-refractivity contribution is -0.0416. The third-order valence-corrected chi connectivity index (χ3v) is 8.77. The van der Waals surface area contributed by atoms with Gasteiger partial charge in [-0.05, 0) is 60.0 Å². The van der Waals surface area contributed by atoms with Crippen molar-refractivity contribution in [3.05, 3.63) is 60.1 Å². The summed E-state index contributed by atoms with van der Waals surface area (Å²) in [5.74, 6) is 1.79. The Hall–Kier alpha value is -4.00. The maximum absolute atomic E-state index is 6.42. The molecule has 0 amide bonds. The summed E-state index contributed by atoms with van der Waals surface area (Å²) in [4.78, 5) is 14.2. The first-order valence-electron chi connectivity index (χ1n) is 14.6. The maximum atomic E-state index is 6.42. The summed E-state index contributed by atoms with van der Waals surface area (Å²) in [5.41, 5.74) is 3.69. The van der Waals surface area contributed by atoms with Crippen LogP contribution in [0.1, 0.15) is 19.8 Å². The maximum Gasteiger partial charge on any atom is 0.227 e. The molecular formula is C30H34ClN9O3. The summed E-state index contributed by atoms with van der Waals surface area (Å²) in [6, 6.07) is 13.6. The van der Waals surface area contributed by atoms with Crippen LogP contribution < -0.4 is 19.7 Å². The molecule has 2 bridgehead atoms. The fourth-order valence-corrected chi connectivity index (χ4v) is 6.47. The first kappa shape index (κ1) is 27.8. The highest BCUT2D eigenvalue weighted by Gasteiger charge is 2.45. The molecule has 4 aromatic rings. The van der Waals surface area contributed by atoms with Gasteiger partial charge < -0.3 is 24.4 Å². The largest absolute Gasteiger partial charge is 0.494 e. The Balaban J connectivity index is 0.987. The van der Waals surface area contributed by atoms with Crippen LogP contribution in [0.15, 0.2) is 55.1 Å². The van der Waals surface area contributed by atoms with E-state index in [1.165, 1.54) is 12.8 Å². The van der Waals surface area contributed by atoms with Gasteiger partial charge >= 0.3 is 0 Å². The Morgan fingerprint density at radius 2 is 1.79 bits per heavy atom. The van der Waals surface area contributed by atoms with Crippen molar-refractivity contribution in [2.75, 3.05) is 43.6 Å². The van der Waals surface area contributed by atoms with Crippen molar-refractivity contribution in [2.45, 2.75) is 50.5 Å². The molecule has 5 heterocycles. The van der Waals surface area contributed by atoms with Crippen LogP contribution >= 0.6 is 11.6 Å². The Labute approximate surface area is 254 Å². The minimum absolute atomic E-state index is 0.192. The van der Waals surface area contributed by atoms with Crippen molar-refractivity contribution in [3.8, 4) is 22.6 Å². The zero-order chi connectivity index (χ0) is 29.3. The second kappa shape index (κ2) is 11.9. The highest BCUT2D eigenvalue weighted by molar-refractivity contribution is 6.32.